The second-order valence-electron chi connectivity index (χ2n) is 6.31. The minimum atomic E-state index is -0.265. The number of H-pyrrole nitrogens is 1. The van der Waals surface area contributed by atoms with Crippen LogP contribution in [-0.4, -0.2) is 37.3 Å². The molecule has 118 valence electrons. The standard InChI is InChI=1S/C16H17N5O2/c1-9-6-21(7-11-5-17-8-18-14(9)11)16(23)12-4-13(22)20-15(19-12)10-2-3-10/h4-5,8-10H,2-3,6-7H2,1H3,(H,19,20,22). The van der Waals surface area contributed by atoms with Gasteiger partial charge < -0.3 is 9.88 Å². The van der Waals surface area contributed by atoms with Gasteiger partial charge in [-0.3, -0.25) is 9.59 Å². The SMILES string of the molecule is CC1CN(C(=O)c2cc(=O)[nH]c(C3CC3)n2)Cc2cncnc21. The van der Waals surface area contributed by atoms with Gasteiger partial charge in [0, 0.05) is 42.8 Å². The molecule has 1 amide bonds. The Balaban J connectivity index is 1.64. The molecule has 0 bridgehead atoms. The van der Waals surface area contributed by atoms with Gasteiger partial charge in [-0.15, -0.1) is 0 Å². The van der Waals surface area contributed by atoms with Crippen LogP contribution in [0, 0.1) is 0 Å². The number of nitrogens with zero attached hydrogens (tertiary/aromatic N) is 4. The van der Waals surface area contributed by atoms with Crippen LogP contribution in [0.2, 0.25) is 0 Å². The van der Waals surface area contributed by atoms with Crippen LogP contribution in [0.25, 0.3) is 0 Å². The molecule has 3 heterocycles. The maximum atomic E-state index is 12.8. The minimum Gasteiger partial charge on any atom is -0.332 e. The normalized spacial score (nSPS) is 20.2. The summed E-state index contributed by atoms with van der Waals surface area (Å²) < 4.78 is 0. The number of aromatic nitrogens is 4. The molecule has 1 unspecified atom stereocenters. The van der Waals surface area contributed by atoms with Crippen LogP contribution in [0.4, 0.5) is 0 Å². The molecule has 23 heavy (non-hydrogen) atoms. The van der Waals surface area contributed by atoms with Gasteiger partial charge in [0.15, 0.2) is 0 Å². The molecule has 1 aliphatic carbocycles. The zero-order valence-electron chi connectivity index (χ0n) is 12.8. The number of hydrogen-bond acceptors (Lipinski definition) is 5. The van der Waals surface area contributed by atoms with Crippen molar-refractivity contribution in [3.63, 3.8) is 0 Å². The summed E-state index contributed by atoms with van der Waals surface area (Å²) in [5.74, 6) is 0.856. The van der Waals surface area contributed by atoms with Gasteiger partial charge in [0.1, 0.15) is 17.8 Å². The molecule has 2 aliphatic rings. The number of aromatic amines is 1. The van der Waals surface area contributed by atoms with E-state index in [0.29, 0.717) is 24.8 Å². The minimum absolute atomic E-state index is 0.135. The smallest absolute Gasteiger partial charge is 0.273 e. The monoisotopic (exact) mass is 311 g/mol. The Morgan fingerprint density at radius 2 is 2.22 bits per heavy atom. The van der Waals surface area contributed by atoms with E-state index >= 15 is 0 Å². The van der Waals surface area contributed by atoms with Crippen molar-refractivity contribution in [2.24, 2.45) is 0 Å². The van der Waals surface area contributed by atoms with Crippen LogP contribution < -0.4 is 5.56 Å². The Bertz CT molecular complexity index is 827. The average molecular weight is 311 g/mol. The average Bonchev–Trinajstić information content (AvgIpc) is 3.38. The molecule has 0 aromatic carbocycles. The van der Waals surface area contributed by atoms with Crippen molar-refractivity contribution in [3.8, 4) is 0 Å². The third kappa shape index (κ3) is 2.62. The lowest BCUT2D eigenvalue weighted by molar-refractivity contribution is 0.0712. The molecule has 2 aromatic rings. The quantitative estimate of drug-likeness (QED) is 0.899. The van der Waals surface area contributed by atoms with Crippen molar-refractivity contribution in [2.75, 3.05) is 6.54 Å². The van der Waals surface area contributed by atoms with Crippen molar-refractivity contribution in [2.45, 2.75) is 38.1 Å². The van der Waals surface area contributed by atoms with E-state index in [2.05, 4.69) is 19.9 Å². The molecule has 2 aromatic heterocycles. The summed E-state index contributed by atoms with van der Waals surface area (Å²) in [4.78, 5) is 41.8. The largest absolute Gasteiger partial charge is 0.332 e. The van der Waals surface area contributed by atoms with Crippen molar-refractivity contribution < 1.29 is 4.79 Å². The Morgan fingerprint density at radius 3 is 3.00 bits per heavy atom. The second-order valence-corrected chi connectivity index (χ2v) is 6.31. The van der Waals surface area contributed by atoms with E-state index in [1.165, 1.54) is 12.4 Å². The van der Waals surface area contributed by atoms with Gasteiger partial charge in [-0.25, -0.2) is 15.0 Å². The highest BCUT2D eigenvalue weighted by molar-refractivity contribution is 5.92. The maximum absolute atomic E-state index is 12.8. The first-order chi connectivity index (χ1) is 11.1. The summed E-state index contributed by atoms with van der Waals surface area (Å²) in [6, 6.07) is 1.29. The summed E-state index contributed by atoms with van der Waals surface area (Å²) in [6.07, 6.45) is 5.32. The van der Waals surface area contributed by atoms with Gasteiger partial charge >= 0.3 is 0 Å². The summed E-state index contributed by atoms with van der Waals surface area (Å²) in [5.41, 5.74) is 1.90. The number of carbonyl (C=O) groups excluding carboxylic acids is 1. The van der Waals surface area contributed by atoms with Gasteiger partial charge in [0.2, 0.25) is 0 Å². The molecule has 1 N–H and O–H groups in total. The molecule has 1 aliphatic heterocycles. The zero-order chi connectivity index (χ0) is 16.0. The summed E-state index contributed by atoms with van der Waals surface area (Å²) >= 11 is 0. The third-order valence-electron chi connectivity index (χ3n) is 4.38. The Hall–Kier alpha value is -2.57. The third-order valence-corrected chi connectivity index (χ3v) is 4.38. The molecule has 1 fully saturated rings. The maximum Gasteiger partial charge on any atom is 0.273 e. The summed E-state index contributed by atoms with van der Waals surface area (Å²) in [5, 5.41) is 0. The molecule has 0 spiro atoms. The number of rotatable bonds is 2. The van der Waals surface area contributed by atoms with E-state index in [1.807, 2.05) is 6.92 Å². The Kier molecular flexibility index (Phi) is 3.21. The highest BCUT2D eigenvalue weighted by Gasteiger charge is 2.30. The van der Waals surface area contributed by atoms with E-state index in [-0.39, 0.29) is 23.1 Å². The van der Waals surface area contributed by atoms with Gasteiger partial charge in [-0.2, -0.15) is 0 Å². The first kappa shape index (κ1) is 14.0. The van der Waals surface area contributed by atoms with Crippen LogP contribution in [-0.2, 0) is 6.54 Å². The van der Waals surface area contributed by atoms with Crippen LogP contribution >= 0.6 is 0 Å². The predicted molar refractivity (Wildman–Crippen MR) is 82.0 cm³/mol. The van der Waals surface area contributed by atoms with Crippen LogP contribution in [0.1, 0.15) is 59.2 Å². The lowest BCUT2D eigenvalue weighted by Crippen LogP contribution is -2.39. The van der Waals surface area contributed by atoms with Crippen LogP contribution in [0.15, 0.2) is 23.4 Å². The zero-order valence-corrected chi connectivity index (χ0v) is 12.8. The topological polar surface area (TPSA) is 91.8 Å². The van der Waals surface area contributed by atoms with E-state index in [4.69, 9.17) is 0 Å². The Morgan fingerprint density at radius 1 is 1.39 bits per heavy atom. The predicted octanol–water partition coefficient (Wildman–Crippen LogP) is 1.20. The van der Waals surface area contributed by atoms with E-state index in [0.717, 1.165) is 24.1 Å². The fraction of sp³-hybridized carbons (Fsp3) is 0.438. The van der Waals surface area contributed by atoms with Crippen molar-refractivity contribution in [1.29, 1.82) is 0 Å². The number of carbonyl (C=O) groups is 1. The second kappa shape index (κ2) is 5.26. The number of nitrogens with one attached hydrogen (secondary N) is 1. The van der Waals surface area contributed by atoms with Gasteiger partial charge in [-0.05, 0) is 12.8 Å². The van der Waals surface area contributed by atoms with Crippen molar-refractivity contribution in [1.82, 2.24) is 24.8 Å². The fourth-order valence-corrected chi connectivity index (χ4v) is 3.07. The van der Waals surface area contributed by atoms with Gasteiger partial charge in [-0.1, -0.05) is 6.92 Å². The first-order valence-corrected chi connectivity index (χ1v) is 7.81. The molecule has 7 nitrogen and oxygen atoms in total. The molecular weight excluding hydrogens is 294 g/mol. The van der Waals surface area contributed by atoms with Crippen LogP contribution in [0.3, 0.4) is 0 Å². The van der Waals surface area contributed by atoms with Crippen LogP contribution in [0.5, 0.6) is 0 Å². The van der Waals surface area contributed by atoms with Crippen molar-refractivity contribution >= 4 is 5.91 Å². The molecule has 0 radical (unpaired) electrons. The molecule has 0 saturated heterocycles. The summed E-state index contributed by atoms with van der Waals surface area (Å²) in [6.45, 7) is 3.05. The molecule has 4 rings (SSSR count). The molecular formula is C16H17N5O2. The number of fused-ring (bicyclic) bond motifs is 1. The lowest BCUT2D eigenvalue weighted by Gasteiger charge is -2.31. The van der Waals surface area contributed by atoms with Gasteiger partial charge in [0.05, 0.1) is 5.69 Å². The number of hydrogen-bond donors (Lipinski definition) is 1. The fourth-order valence-electron chi connectivity index (χ4n) is 3.07. The van der Waals surface area contributed by atoms with Crippen molar-refractivity contribution in [3.05, 3.63) is 51.7 Å². The highest BCUT2D eigenvalue weighted by Crippen LogP contribution is 2.37. The van der Waals surface area contributed by atoms with Gasteiger partial charge in [0.25, 0.3) is 11.5 Å². The Labute approximate surface area is 132 Å². The van der Waals surface area contributed by atoms with E-state index in [1.54, 1.807) is 11.1 Å². The van der Waals surface area contributed by atoms with E-state index < -0.39 is 0 Å². The molecule has 1 saturated carbocycles. The first-order valence-electron chi connectivity index (χ1n) is 7.81. The lowest BCUT2D eigenvalue weighted by atomic mass is 9.97. The molecule has 1 atom stereocenters. The molecule has 7 heteroatoms. The summed E-state index contributed by atoms with van der Waals surface area (Å²) in [7, 11) is 0. The van der Waals surface area contributed by atoms with E-state index in [9.17, 15) is 9.59 Å². The number of amides is 1. The highest BCUT2D eigenvalue weighted by atomic mass is 16.2.